The molecule has 6 rings (SSSR count). The van der Waals surface area contributed by atoms with Crippen molar-refractivity contribution in [3.63, 3.8) is 0 Å². The number of allylic oxidation sites excluding steroid dienone is 3. The van der Waals surface area contributed by atoms with Gasteiger partial charge in [0.25, 0.3) is 11.7 Å². The molecule has 230 valence electrons. The van der Waals surface area contributed by atoms with Crippen molar-refractivity contribution in [3.8, 4) is 11.5 Å². The summed E-state index contributed by atoms with van der Waals surface area (Å²) in [6.07, 6.45) is 3.38. The summed E-state index contributed by atoms with van der Waals surface area (Å²) in [6.45, 7) is 6.86. The first kappa shape index (κ1) is 29.6. The quantitative estimate of drug-likeness (QED) is 0.270. The Bertz CT molecular complexity index is 1900. The Morgan fingerprint density at radius 2 is 1.62 bits per heavy atom. The van der Waals surface area contributed by atoms with E-state index in [9.17, 15) is 29.4 Å². The molecule has 2 aromatic carbocycles. The van der Waals surface area contributed by atoms with Gasteiger partial charge in [-0.1, -0.05) is 23.8 Å². The third-order valence-electron chi connectivity index (χ3n) is 9.27. The van der Waals surface area contributed by atoms with E-state index < -0.39 is 62.7 Å². The van der Waals surface area contributed by atoms with E-state index in [1.54, 1.807) is 33.8 Å². The summed E-state index contributed by atoms with van der Waals surface area (Å²) >= 11 is 0. The van der Waals surface area contributed by atoms with Crippen LogP contribution in [0.5, 0.6) is 11.5 Å². The molecule has 4 aliphatic rings. The van der Waals surface area contributed by atoms with E-state index >= 15 is 4.79 Å². The van der Waals surface area contributed by atoms with E-state index in [4.69, 9.17) is 10.5 Å². The number of nitrogens with zero attached hydrogens (tertiary/aromatic N) is 2. The van der Waals surface area contributed by atoms with Crippen molar-refractivity contribution in [3.05, 3.63) is 94.2 Å². The first-order valence-electron chi connectivity index (χ1n) is 14.2. The summed E-state index contributed by atoms with van der Waals surface area (Å²) in [5.41, 5.74) is 1.03. The minimum Gasteiger partial charge on any atom is -0.507 e. The Balaban J connectivity index is 1.81. The largest absolute Gasteiger partial charge is 0.507 e. The van der Waals surface area contributed by atoms with E-state index in [-0.39, 0.29) is 29.2 Å². The number of carbonyl (C=O) groups excluding carboxylic acids is 5. The highest BCUT2D eigenvalue weighted by Crippen LogP contribution is 2.64. The standard InChI is InChI=1S/C34H31N3O8/c1-17-15-33(18(2)14-23(17)39)16-32(3,4)37-28(33)25(29(35)42)34(31(37)44)24(26(40)19-10-12-20(45-5)13-11-19)27(41)30(43)36(34)21-8-6-7-9-22(21)38/h6-15,38,40H,16H2,1-5H3,(H2,35,42). The number of hydrogen-bond acceptors (Lipinski definition) is 8. The number of phenolic OH excluding ortho intramolecular Hbond substituents is 1. The number of rotatable bonds is 4. The third kappa shape index (κ3) is 3.66. The first-order chi connectivity index (χ1) is 21.1. The Labute approximate surface area is 258 Å². The molecule has 2 saturated heterocycles. The van der Waals surface area contributed by atoms with Gasteiger partial charge in [0.2, 0.25) is 5.91 Å². The predicted molar refractivity (Wildman–Crippen MR) is 163 cm³/mol. The fourth-order valence-electron chi connectivity index (χ4n) is 7.42. The van der Waals surface area contributed by atoms with Crippen LogP contribution in [0.2, 0.25) is 0 Å². The molecule has 1 aliphatic carbocycles. The van der Waals surface area contributed by atoms with E-state index in [0.717, 1.165) is 4.90 Å². The number of ketones is 2. The van der Waals surface area contributed by atoms with Crippen molar-refractivity contribution < 1.29 is 38.9 Å². The molecule has 11 heteroatoms. The number of nitrogens with two attached hydrogens (primary N) is 1. The number of hydrogen-bond donors (Lipinski definition) is 3. The number of ether oxygens (including phenoxy) is 1. The summed E-state index contributed by atoms with van der Waals surface area (Å²) in [7, 11) is 1.45. The molecule has 3 heterocycles. The highest BCUT2D eigenvalue weighted by atomic mass is 16.5. The van der Waals surface area contributed by atoms with Crippen molar-refractivity contribution in [2.45, 2.75) is 45.2 Å². The molecule has 2 fully saturated rings. The van der Waals surface area contributed by atoms with Crippen molar-refractivity contribution in [2.75, 3.05) is 12.0 Å². The Hall–Kier alpha value is -5.45. The fourth-order valence-corrected chi connectivity index (χ4v) is 7.42. The van der Waals surface area contributed by atoms with Crippen molar-refractivity contribution in [1.29, 1.82) is 0 Å². The SMILES string of the molecule is COc1ccc(C(O)=C2C(=O)C(=O)N(c3ccccc3O)C23C(=O)N2C(=C3C(N)=O)C3(C=C(C)C(=O)C=C3C)CC2(C)C)cc1. The molecule has 2 aromatic rings. The highest BCUT2D eigenvalue weighted by Gasteiger charge is 2.75. The van der Waals surface area contributed by atoms with Crippen molar-refractivity contribution in [2.24, 2.45) is 11.1 Å². The van der Waals surface area contributed by atoms with Crippen LogP contribution in [0.4, 0.5) is 5.69 Å². The zero-order valence-electron chi connectivity index (χ0n) is 25.3. The molecule has 3 aliphatic heterocycles. The molecule has 2 atom stereocenters. The Kier molecular flexibility index (Phi) is 6.27. The van der Waals surface area contributed by atoms with Gasteiger partial charge >= 0.3 is 5.91 Å². The van der Waals surface area contributed by atoms with Crippen LogP contribution in [-0.2, 0) is 24.0 Å². The number of aliphatic hydroxyl groups excluding tert-OH is 1. The maximum Gasteiger partial charge on any atom is 0.300 e. The lowest BCUT2D eigenvalue weighted by atomic mass is 9.67. The molecule has 0 radical (unpaired) electrons. The zero-order chi connectivity index (χ0) is 32.8. The fraction of sp³-hybridized carbons (Fsp3) is 0.265. The second-order valence-electron chi connectivity index (χ2n) is 12.3. The number of aliphatic hydroxyl groups is 1. The molecule has 45 heavy (non-hydrogen) atoms. The monoisotopic (exact) mass is 609 g/mol. The van der Waals surface area contributed by atoms with Crippen LogP contribution in [0.15, 0.2) is 88.7 Å². The van der Waals surface area contributed by atoms with E-state index in [1.165, 1.54) is 66.6 Å². The van der Waals surface area contributed by atoms with Gasteiger partial charge in [-0.3, -0.25) is 28.9 Å². The number of Topliss-reactive ketones (excluding diaryl/α,β-unsaturated/α-hetero) is 1. The van der Waals surface area contributed by atoms with Crippen molar-refractivity contribution >= 4 is 40.7 Å². The molecule has 0 saturated carbocycles. The molecule has 2 unspecified atom stereocenters. The molecule has 4 N–H and O–H groups in total. The molecule has 3 amide bonds. The average molecular weight is 610 g/mol. The normalized spacial score (nSPS) is 26.6. The van der Waals surface area contributed by atoms with Gasteiger partial charge in [0, 0.05) is 16.8 Å². The highest BCUT2D eigenvalue weighted by molar-refractivity contribution is 6.56. The molecular formula is C34H31N3O8. The minimum atomic E-state index is -2.60. The topological polar surface area (TPSA) is 168 Å². The lowest BCUT2D eigenvalue weighted by molar-refractivity contribution is -0.135. The summed E-state index contributed by atoms with van der Waals surface area (Å²) in [5.74, 6) is -5.52. The van der Waals surface area contributed by atoms with Crippen LogP contribution in [-0.4, -0.2) is 62.6 Å². The van der Waals surface area contributed by atoms with Gasteiger partial charge in [-0.2, -0.15) is 0 Å². The van der Waals surface area contributed by atoms with Gasteiger partial charge < -0.3 is 25.6 Å². The zero-order valence-corrected chi connectivity index (χ0v) is 25.3. The van der Waals surface area contributed by atoms with Gasteiger partial charge in [0.15, 0.2) is 11.3 Å². The van der Waals surface area contributed by atoms with E-state index in [0.29, 0.717) is 16.9 Å². The predicted octanol–water partition coefficient (Wildman–Crippen LogP) is 3.25. The number of carbonyl (C=O) groups is 5. The average Bonchev–Trinajstić information content (AvgIpc) is 3.49. The molecule has 0 bridgehead atoms. The number of primary amides is 1. The summed E-state index contributed by atoms with van der Waals surface area (Å²) < 4.78 is 5.20. The molecule has 11 nitrogen and oxygen atoms in total. The smallest absolute Gasteiger partial charge is 0.300 e. The van der Waals surface area contributed by atoms with Crippen LogP contribution in [0.3, 0.4) is 0 Å². The van der Waals surface area contributed by atoms with Crippen molar-refractivity contribution in [1.82, 2.24) is 4.90 Å². The van der Waals surface area contributed by atoms with Crippen LogP contribution >= 0.6 is 0 Å². The van der Waals surface area contributed by atoms with Gasteiger partial charge in [0.05, 0.1) is 29.4 Å². The number of anilines is 1. The number of benzene rings is 2. The molecular weight excluding hydrogens is 578 g/mol. The maximum atomic E-state index is 15.2. The van der Waals surface area contributed by atoms with Crippen LogP contribution in [0.25, 0.3) is 5.76 Å². The van der Waals surface area contributed by atoms with Gasteiger partial charge in [-0.25, -0.2) is 0 Å². The first-order valence-corrected chi connectivity index (χ1v) is 14.2. The number of fused-ring (bicyclic) bond motifs is 2. The van der Waals surface area contributed by atoms with Crippen LogP contribution < -0.4 is 15.4 Å². The van der Waals surface area contributed by atoms with Gasteiger partial charge in [-0.15, -0.1) is 0 Å². The number of amides is 3. The number of methoxy groups -OCH3 is 1. The summed E-state index contributed by atoms with van der Waals surface area (Å²) in [4.78, 5) is 72.1. The number of phenols is 1. The van der Waals surface area contributed by atoms with Crippen LogP contribution in [0, 0.1) is 5.41 Å². The number of para-hydroxylation sites is 2. The van der Waals surface area contributed by atoms with E-state index in [1.807, 2.05) is 0 Å². The summed E-state index contributed by atoms with van der Waals surface area (Å²) in [5, 5.41) is 22.8. The van der Waals surface area contributed by atoms with Gasteiger partial charge in [0.1, 0.15) is 17.3 Å². The van der Waals surface area contributed by atoms with Crippen LogP contribution in [0.1, 0.15) is 39.7 Å². The second-order valence-corrected chi connectivity index (χ2v) is 12.3. The lowest BCUT2D eigenvalue weighted by Crippen LogP contribution is -2.59. The molecule has 0 aromatic heterocycles. The maximum absolute atomic E-state index is 15.2. The Morgan fingerprint density at radius 1 is 0.978 bits per heavy atom. The third-order valence-corrected chi connectivity index (χ3v) is 9.27. The van der Waals surface area contributed by atoms with Gasteiger partial charge in [-0.05, 0) is 82.2 Å². The number of aromatic hydroxyl groups is 1. The molecule has 2 spiro atoms. The minimum absolute atomic E-state index is 0.0585. The van der Waals surface area contributed by atoms with E-state index in [2.05, 4.69) is 0 Å². The Morgan fingerprint density at radius 3 is 2.22 bits per heavy atom. The summed E-state index contributed by atoms with van der Waals surface area (Å²) in [6, 6.07) is 11.5. The second kappa shape index (κ2) is 9.52. The lowest BCUT2D eigenvalue weighted by Gasteiger charge is -2.39.